The van der Waals surface area contributed by atoms with E-state index in [1.54, 1.807) is 19.1 Å². The molecule has 1 aromatic heterocycles. The third kappa shape index (κ3) is 16.8. The Morgan fingerprint density at radius 3 is 1.64 bits per heavy atom. The van der Waals surface area contributed by atoms with Crippen molar-refractivity contribution in [3.8, 4) is 0 Å². The van der Waals surface area contributed by atoms with Gasteiger partial charge >= 0.3 is 5.63 Å². The smallest absolute Gasteiger partial charge is 0.336 e. The van der Waals surface area contributed by atoms with Gasteiger partial charge in [0.15, 0.2) is 17.9 Å². The Bertz CT molecular complexity index is 1800. The Labute approximate surface area is 316 Å². The Hall–Kier alpha value is -6.45. The number of amides is 5. The summed E-state index contributed by atoms with van der Waals surface area (Å²) in [5.41, 5.74) is 44.4. The molecule has 0 bridgehead atoms. The highest BCUT2D eigenvalue weighted by atomic mass is 16.4. The van der Waals surface area contributed by atoms with Crippen LogP contribution in [0.3, 0.4) is 0 Å². The third-order valence-electron chi connectivity index (χ3n) is 7.99. The molecule has 302 valence electrons. The zero-order chi connectivity index (χ0) is 41.1. The van der Waals surface area contributed by atoms with Crippen molar-refractivity contribution in [1.82, 2.24) is 16.0 Å². The lowest BCUT2D eigenvalue weighted by Crippen LogP contribution is -2.57. The van der Waals surface area contributed by atoms with E-state index in [0.29, 0.717) is 17.4 Å². The van der Waals surface area contributed by atoms with E-state index >= 15 is 0 Å². The molecule has 0 spiro atoms. The molecule has 2 rings (SSSR count). The van der Waals surface area contributed by atoms with Gasteiger partial charge in [0, 0.05) is 49.3 Å². The summed E-state index contributed by atoms with van der Waals surface area (Å²) in [6, 6.07) is 1.25. The van der Waals surface area contributed by atoms with Crippen LogP contribution in [0.4, 0.5) is 5.69 Å². The molecule has 1 heterocycles. The predicted octanol–water partition coefficient (Wildman–Crippen LogP) is -3.75. The quantitative estimate of drug-likeness (QED) is 0.0224. The molecule has 5 amide bonds. The minimum atomic E-state index is -1.33. The Morgan fingerprint density at radius 2 is 1.13 bits per heavy atom. The van der Waals surface area contributed by atoms with Crippen molar-refractivity contribution in [3.63, 3.8) is 0 Å². The maximum atomic E-state index is 13.9. The first-order chi connectivity index (χ1) is 26.0. The van der Waals surface area contributed by atoms with Gasteiger partial charge in [-0.1, -0.05) is 0 Å². The van der Waals surface area contributed by atoms with Crippen LogP contribution < -0.4 is 72.8 Å². The van der Waals surface area contributed by atoms with E-state index in [0.717, 1.165) is 0 Å². The van der Waals surface area contributed by atoms with Gasteiger partial charge in [0.1, 0.15) is 23.7 Å². The molecule has 22 heteroatoms. The molecule has 0 fully saturated rings. The number of nitrogens with zero attached hydrogens (tertiary/aromatic N) is 3. The monoisotopic (exact) mass is 771 g/mol. The summed E-state index contributed by atoms with van der Waals surface area (Å²) >= 11 is 0. The van der Waals surface area contributed by atoms with E-state index in [4.69, 9.17) is 50.3 Å². The van der Waals surface area contributed by atoms with Gasteiger partial charge in [-0.15, -0.1) is 0 Å². The third-order valence-corrected chi connectivity index (χ3v) is 7.99. The Kier molecular flexibility index (Phi) is 18.4. The van der Waals surface area contributed by atoms with Crippen LogP contribution >= 0.6 is 0 Å². The number of nitrogens with two attached hydrogens (primary N) is 8. The van der Waals surface area contributed by atoms with Crippen LogP contribution in [0.1, 0.15) is 56.9 Å². The fraction of sp³-hybridized carbons (Fsp3) is 0.485. The molecule has 0 radical (unpaired) electrons. The van der Waals surface area contributed by atoms with Crippen LogP contribution in [-0.2, 0) is 24.0 Å². The maximum Gasteiger partial charge on any atom is 0.336 e. The molecule has 0 aliphatic heterocycles. The summed E-state index contributed by atoms with van der Waals surface area (Å²) in [7, 11) is 0. The van der Waals surface area contributed by atoms with Crippen LogP contribution in [0.15, 0.2) is 48.5 Å². The molecule has 0 unspecified atom stereocenters. The van der Waals surface area contributed by atoms with Gasteiger partial charge in [-0.3, -0.25) is 38.9 Å². The number of primary amides is 1. The first kappa shape index (κ1) is 44.7. The first-order valence-electron chi connectivity index (χ1n) is 17.4. The minimum Gasteiger partial charge on any atom is -0.423 e. The van der Waals surface area contributed by atoms with Crippen molar-refractivity contribution < 1.29 is 28.4 Å². The summed E-state index contributed by atoms with van der Waals surface area (Å²) in [5.74, 6) is -4.14. The highest BCUT2D eigenvalue weighted by Crippen LogP contribution is 2.21. The standard InChI is InChI=1S/C33H53N15O7/c1-17-15-26(50)55-24-16-18(8-9-19(17)24)45-28(52)21(6-3-13-43-32(38)39)47-29(53)22(7-4-14-44-33(40)41)48-30(54)23(10-11-25(35)49)46-27(51)20(34)5-2-12-42-31(36)37/h8-9,15-16,20-23H,2-7,10-14,34H2,1H3,(H2,35,49)(H,45,52)(H,46,51)(H,47,53)(H,48,54)(H4,36,37,42)(H4,38,39,43)(H4,40,41,44)/t20-,21-,22-,23-/m0/s1. The molecule has 0 saturated heterocycles. The summed E-state index contributed by atoms with van der Waals surface area (Å²) in [4.78, 5) is 89.3. The molecule has 55 heavy (non-hydrogen) atoms. The summed E-state index contributed by atoms with van der Waals surface area (Å²) in [6.07, 6.45) is 0.550. The van der Waals surface area contributed by atoms with E-state index in [1.807, 2.05) is 0 Å². The van der Waals surface area contributed by atoms with Gasteiger partial charge in [-0.25, -0.2) is 4.79 Å². The number of nitrogens with one attached hydrogen (secondary N) is 4. The number of fused-ring (bicyclic) bond motifs is 1. The highest BCUT2D eigenvalue weighted by Gasteiger charge is 2.30. The lowest BCUT2D eigenvalue weighted by Gasteiger charge is -2.26. The van der Waals surface area contributed by atoms with E-state index in [2.05, 4.69) is 36.2 Å². The molecule has 4 atom stereocenters. The zero-order valence-corrected chi connectivity index (χ0v) is 30.7. The second-order valence-electron chi connectivity index (χ2n) is 12.6. The molecule has 22 nitrogen and oxygen atoms in total. The average molecular weight is 772 g/mol. The first-order valence-corrected chi connectivity index (χ1v) is 17.4. The summed E-state index contributed by atoms with van der Waals surface area (Å²) in [5, 5.41) is 11.2. The van der Waals surface area contributed by atoms with Crippen molar-refractivity contribution in [2.45, 2.75) is 82.5 Å². The minimum absolute atomic E-state index is 0.0134. The fourth-order valence-electron chi connectivity index (χ4n) is 5.21. The maximum absolute atomic E-state index is 13.9. The predicted molar refractivity (Wildman–Crippen MR) is 208 cm³/mol. The number of benzene rings is 1. The fourth-order valence-corrected chi connectivity index (χ4v) is 5.21. The van der Waals surface area contributed by atoms with Crippen LogP contribution in [0.2, 0.25) is 0 Å². The molecule has 0 aliphatic carbocycles. The molecular weight excluding hydrogens is 718 g/mol. The van der Waals surface area contributed by atoms with Gasteiger partial charge in [0.25, 0.3) is 0 Å². The summed E-state index contributed by atoms with van der Waals surface area (Å²) < 4.78 is 5.29. The summed E-state index contributed by atoms with van der Waals surface area (Å²) in [6.45, 7) is 2.20. The number of guanidine groups is 3. The highest BCUT2D eigenvalue weighted by molar-refractivity contribution is 6.00. The van der Waals surface area contributed by atoms with Gasteiger partial charge in [-0.05, 0) is 69.6 Å². The molecule has 20 N–H and O–H groups in total. The second-order valence-corrected chi connectivity index (χ2v) is 12.6. The average Bonchev–Trinajstić information content (AvgIpc) is 3.09. The number of hydrogen-bond donors (Lipinski definition) is 12. The van der Waals surface area contributed by atoms with Gasteiger partial charge in [0.2, 0.25) is 29.5 Å². The number of aryl methyl sites for hydroxylation is 1. The number of rotatable bonds is 23. The number of hydrogen-bond acceptors (Lipinski definition) is 11. The normalized spacial score (nSPS) is 12.9. The largest absolute Gasteiger partial charge is 0.423 e. The number of aliphatic imine (C=N–C) groups is 3. The van der Waals surface area contributed by atoms with E-state index in [9.17, 15) is 28.8 Å². The number of carbonyl (C=O) groups excluding carboxylic acids is 5. The Morgan fingerprint density at radius 1 is 0.655 bits per heavy atom. The van der Waals surface area contributed by atoms with E-state index < -0.39 is 59.3 Å². The van der Waals surface area contributed by atoms with Crippen LogP contribution in [-0.4, -0.2) is 91.2 Å². The van der Waals surface area contributed by atoms with Crippen molar-refractivity contribution >= 4 is 64.1 Å². The lowest BCUT2D eigenvalue weighted by molar-refractivity contribution is -0.134. The van der Waals surface area contributed by atoms with Crippen molar-refractivity contribution in [1.29, 1.82) is 0 Å². The van der Waals surface area contributed by atoms with Crippen molar-refractivity contribution in [3.05, 3.63) is 40.2 Å². The number of anilines is 1. The van der Waals surface area contributed by atoms with Gasteiger partial charge < -0.3 is 71.6 Å². The lowest BCUT2D eigenvalue weighted by atomic mass is 10.0. The SMILES string of the molecule is Cc1cc(=O)oc2cc(NC(=O)[C@H](CCCN=C(N)N)NC(=O)[C@H](CCCN=C(N)N)NC(=O)[C@H](CCC(N)=O)NC(=O)[C@@H](N)CCCN=C(N)N)ccc12. The van der Waals surface area contributed by atoms with E-state index in [-0.39, 0.29) is 93.7 Å². The molecule has 2 aromatic rings. The van der Waals surface area contributed by atoms with Crippen molar-refractivity contribution in [2.75, 3.05) is 25.0 Å². The molecule has 0 aliphatic rings. The van der Waals surface area contributed by atoms with Gasteiger partial charge in [-0.2, -0.15) is 0 Å². The van der Waals surface area contributed by atoms with Crippen LogP contribution in [0, 0.1) is 6.92 Å². The number of carbonyl (C=O) groups is 5. The molecular formula is C33H53N15O7. The topological polar surface area (TPSA) is 409 Å². The molecule has 0 saturated carbocycles. The Balaban J connectivity index is 2.33. The second kappa shape index (κ2) is 22.6. The van der Waals surface area contributed by atoms with E-state index in [1.165, 1.54) is 12.1 Å². The van der Waals surface area contributed by atoms with Crippen LogP contribution in [0.5, 0.6) is 0 Å². The van der Waals surface area contributed by atoms with Crippen molar-refractivity contribution in [2.24, 2.45) is 60.8 Å². The van der Waals surface area contributed by atoms with Gasteiger partial charge in [0.05, 0.1) is 6.04 Å². The zero-order valence-electron chi connectivity index (χ0n) is 30.7. The van der Waals surface area contributed by atoms with Crippen LogP contribution in [0.25, 0.3) is 11.0 Å². The molecule has 1 aromatic carbocycles.